The van der Waals surface area contributed by atoms with Crippen LogP contribution in [0.1, 0.15) is 67.5 Å². The Morgan fingerprint density at radius 2 is 1.67 bits per heavy atom. The summed E-state index contributed by atoms with van der Waals surface area (Å²) in [7, 11) is 1.69. The zero-order valence-corrected chi connectivity index (χ0v) is 24.4. The molecule has 220 valence electrons. The van der Waals surface area contributed by atoms with Crippen molar-refractivity contribution in [3.8, 4) is 0 Å². The van der Waals surface area contributed by atoms with Crippen molar-refractivity contribution < 1.29 is 23.5 Å². The van der Waals surface area contributed by atoms with Gasteiger partial charge in [-0.05, 0) is 49.2 Å². The Labute approximate surface area is 248 Å². The molecule has 3 unspecified atom stereocenters. The number of hydrogen-bond acceptors (Lipinski definition) is 6. The van der Waals surface area contributed by atoms with E-state index in [4.69, 9.17) is 0 Å². The minimum Gasteiger partial charge on any atom is -0.389 e. The summed E-state index contributed by atoms with van der Waals surface area (Å²) in [6, 6.07) is 20.5. The molecule has 0 radical (unpaired) electrons. The minimum atomic E-state index is -2.58. The Hall–Kier alpha value is -3.99. The maximum atomic E-state index is 13.2. The number of alkyl halides is 2. The number of nitrogens with one attached hydrogen (secondary N) is 2. The van der Waals surface area contributed by atoms with Gasteiger partial charge in [0.2, 0.25) is 0 Å². The fourth-order valence-corrected chi connectivity index (χ4v) is 5.41. The summed E-state index contributed by atoms with van der Waals surface area (Å²) in [5.41, 5.74) is 2.90. The van der Waals surface area contributed by atoms with Crippen molar-refractivity contribution in [1.82, 2.24) is 20.5 Å². The molecule has 3 N–H and O–H groups in total. The molecule has 0 aliphatic rings. The molecule has 10 heteroatoms. The second-order valence-corrected chi connectivity index (χ2v) is 11.1. The van der Waals surface area contributed by atoms with E-state index in [2.05, 4.69) is 15.6 Å². The highest BCUT2D eigenvalue weighted by Gasteiger charge is 2.28. The zero-order chi connectivity index (χ0) is 30.2. The van der Waals surface area contributed by atoms with Crippen molar-refractivity contribution in [2.24, 2.45) is 0 Å². The quantitative estimate of drug-likeness (QED) is 0.197. The van der Waals surface area contributed by atoms with Gasteiger partial charge in [-0.1, -0.05) is 54.6 Å². The summed E-state index contributed by atoms with van der Waals surface area (Å²) in [4.78, 5) is 32.2. The Kier molecular flexibility index (Phi) is 10.5. The number of amides is 2. The van der Waals surface area contributed by atoms with Gasteiger partial charge in [-0.25, -0.2) is 13.8 Å². The van der Waals surface area contributed by atoms with Crippen molar-refractivity contribution in [2.75, 3.05) is 7.05 Å². The molecule has 0 fully saturated rings. The highest BCUT2D eigenvalue weighted by atomic mass is 32.1. The second-order valence-electron chi connectivity index (χ2n) is 10.2. The van der Waals surface area contributed by atoms with Gasteiger partial charge in [0.15, 0.2) is 0 Å². The van der Waals surface area contributed by atoms with Crippen molar-refractivity contribution in [3.63, 3.8) is 0 Å². The Balaban J connectivity index is 1.44. The fourth-order valence-electron chi connectivity index (χ4n) is 4.59. The number of benzene rings is 3. The van der Waals surface area contributed by atoms with Crippen LogP contribution >= 0.6 is 11.3 Å². The molecule has 1 aromatic heterocycles. The second kappa shape index (κ2) is 14.3. The van der Waals surface area contributed by atoms with Crippen LogP contribution in [0.2, 0.25) is 0 Å². The van der Waals surface area contributed by atoms with Crippen molar-refractivity contribution in [1.29, 1.82) is 0 Å². The number of halogens is 2. The van der Waals surface area contributed by atoms with Gasteiger partial charge in [-0.2, -0.15) is 0 Å². The molecule has 4 rings (SSSR count). The van der Waals surface area contributed by atoms with Gasteiger partial charge in [-0.3, -0.25) is 9.59 Å². The van der Waals surface area contributed by atoms with Gasteiger partial charge in [0, 0.05) is 41.4 Å². The third-order valence-corrected chi connectivity index (χ3v) is 7.81. The van der Waals surface area contributed by atoms with E-state index in [1.807, 2.05) is 42.6 Å². The van der Waals surface area contributed by atoms with Crippen LogP contribution in [0.3, 0.4) is 0 Å². The summed E-state index contributed by atoms with van der Waals surface area (Å²) in [6.07, 6.45) is -3.64. The normalized spacial score (nSPS) is 13.4. The predicted molar refractivity (Wildman–Crippen MR) is 159 cm³/mol. The van der Waals surface area contributed by atoms with Gasteiger partial charge < -0.3 is 20.6 Å². The van der Waals surface area contributed by atoms with Gasteiger partial charge in [-0.15, -0.1) is 11.3 Å². The number of nitrogens with zero attached hydrogens (tertiary/aromatic N) is 2. The summed E-state index contributed by atoms with van der Waals surface area (Å²) in [5, 5.41) is 20.2. The molecule has 3 aromatic carbocycles. The number of thiazole rings is 1. The maximum Gasteiger partial charge on any atom is 0.263 e. The first-order valence-corrected chi connectivity index (χ1v) is 14.4. The van der Waals surface area contributed by atoms with E-state index in [9.17, 15) is 23.5 Å². The fraction of sp³-hybridized carbons (Fsp3) is 0.281. The van der Waals surface area contributed by atoms with Crippen LogP contribution in [-0.2, 0) is 13.1 Å². The van der Waals surface area contributed by atoms with Gasteiger partial charge >= 0.3 is 0 Å². The monoisotopic (exact) mass is 592 g/mol. The number of carbonyl (C=O) groups is 2. The highest BCUT2D eigenvalue weighted by Crippen LogP contribution is 2.23. The first-order chi connectivity index (χ1) is 20.1. The van der Waals surface area contributed by atoms with Crippen molar-refractivity contribution in [2.45, 2.75) is 51.6 Å². The number of rotatable bonds is 12. The molecule has 2 amide bonds. The SMILES string of the molecule is Cc1csc(CN(C)C(=O)c2cccc(C(=O)NC(C)C(O)C(NCc3cccc(C(F)F)c3)c3ccccc3)c2)n1. The van der Waals surface area contributed by atoms with E-state index in [1.165, 1.54) is 29.5 Å². The van der Waals surface area contributed by atoms with Crippen LogP contribution in [0.15, 0.2) is 84.2 Å². The van der Waals surface area contributed by atoms with Crippen LogP contribution < -0.4 is 10.6 Å². The topological polar surface area (TPSA) is 94.6 Å². The lowest BCUT2D eigenvalue weighted by atomic mass is 9.96. The van der Waals surface area contributed by atoms with Crippen LogP contribution in [-0.4, -0.2) is 46.0 Å². The maximum absolute atomic E-state index is 13.2. The Bertz CT molecular complexity index is 1500. The number of aromatic nitrogens is 1. The number of carbonyl (C=O) groups excluding carboxylic acids is 2. The average molecular weight is 593 g/mol. The van der Waals surface area contributed by atoms with Crippen LogP contribution in [0.4, 0.5) is 8.78 Å². The van der Waals surface area contributed by atoms with E-state index in [0.717, 1.165) is 16.3 Å². The Morgan fingerprint density at radius 3 is 2.36 bits per heavy atom. The molecule has 0 bridgehead atoms. The van der Waals surface area contributed by atoms with Crippen LogP contribution in [0.25, 0.3) is 0 Å². The molecule has 0 aliphatic carbocycles. The number of hydrogen-bond donors (Lipinski definition) is 3. The lowest BCUT2D eigenvalue weighted by Gasteiger charge is -2.30. The van der Waals surface area contributed by atoms with Crippen molar-refractivity contribution in [3.05, 3.63) is 123 Å². The number of aliphatic hydroxyl groups is 1. The molecule has 0 saturated heterocycles. The summed E-state index contributed by atoms with van der Waals surface area (Å²) in [5.74, 6) is -0.680. The average Bonchev–Trinajstić information content (AvgIpc) is 3.41. The number of aryl methyl sites for hydroxylation is 1. The zero-order valence-electron chi connectivity index (χ0n) is 23.6. The van der Waals surface area contributed by atoms with E-state index in [1.54, 1.807) is 49.2 Å². The molecule has 0 aliphatic heterocycles. The van der Waals surface area contributed by atoms with Gasteiger partial charge in [0.1, 0.15) is 5.01 Å². The van der Waals surface area contributed by atoms with E-state index in [0.29, 0.717) is 17.7 Å². The van der Waals surface area contributed by atoms with Gasteiger partial charge in [0.05, 0.1) is 24.7 Å². The molecule has 7 nitrogen and oxygen atoms in total. The largest absolute Gasteiger partial charge is 0.389 e. The highest BCUT2D eigenvalue weighted by molar-refractivity contribution is 7.09. The van der Waals surface area contributed by atoms with E-state index >= 15 is 0 Å². The first-order valence-electron chi connectivity index (χ1n) is 13.5. The summed E-state index contributed by atoms with van der Waals surface area (Å²) >= 11 is 1.48. The molecule has 4 aromatic rings. The lowest BCUT2D eigenvalue weighted by Crippen LogP contribution is -2.47. The molecule has 42 heavy (non-hydrogen) atoms. The molecular formula is C32H34F2N4O3S. The first kappa shape index (κ1) is 31.0. The molecule has 3 atom stereocenters. The van der Waals surface area contributed by atoms with E-state index < -0.39 is 30.5 Å². The molecule has 0 saturated carbocycles. The third-order valence-electron chi connectivity index (χ3n) is 6.86. The predicted octanol–water partition coefficient (Wildman–Crippen LogP) is 5.67. The molecule has 1 heterocycles. The smallest absolute Gasteiger partial charge is 0.263 e. The van der Waals surface area contributed by atoms with Gasteiger partial charge in [0.25, 0.3) is 18.2 Å². The molecule has 0 spiro atoms. The lowest BCUT2D eigenvalue weighted by molar-refractivity contribution is 0.0738. The summed E-state index contributed by atoms with van der Waals surface area (Å²) < 4.78 is 26.4. The summed E-state index contributed by atoms with van der Waals surface area (Å²) in [6.45, 7) is 4.18. The van der Waals surface area contributed by atoms with Crippen LogP contribution in [0, 0.1) is 6.92 Å². The minimum absolute atomic E-state index is 0.0723. The standard InChI is InChI=1S/C32H34F2N4O3S/c1-20-19-42-27(36-20)18-38(3)32(41)26-14-8-13-25(16-26)31(40)37-21(2)29(39)28(23-10-5-4-6-11-23)35-17-22-9-7-12-24(15-22)30(33)34/h4-16,19,21,28-30,35,39H,17-18H2,1-3H3,(H,37,40). The van der Waals surface area contributed by atoms with E-state index in [-0.39, 0.29) is 23.6 Å². The van der Waals surface area contributed by atoms with Crippen molar-refractivity contribution >= 4 is 23.2 Å². The molecular weight excluding hydrogens is 558 g/mol. The Morgan fingerprint density at radius 1 is 0.976 bits per heavy atom. The van der Waals surface area contributed by atoms with Crippen LogP contribution in [0.5, 0.6) is 0 Å². The third kappa shape index (κ3) is 8.06. The number of aliphatic hydroxyl groups excluding tert-OH is 1.